The molecule has 0 saturated heterocycles. The van der Waals surface area contributed by atoms with E-state index in [2.05, 4.69) is 15.3 Å². The van der Waals surface area contributed by atoms with Crippen LogP contribution >= 0.6 is 11.6 Å². The molecule has 0 fully saturated rings. The second-order valence-electron chi connectivity index (χ2n) is 4.74. The number of amides is 1. The first-order valence-electron chi connectivity index (χ1n) is 6.20. The smallest absolute Gasteiger partial charge is 0.256 e. The topological polar surface area (TPSA) is 58.1 Å². The van der Waals surface area contributed by atoms with Gasteiger partial charge in [0.2, 0.25) is 0 Å². The van der Waals surface area contributed by atoms with Crippen molar-refractivity contribution in [1.29, 1.82) is 0 Å². The maximum Gasteiger partial charge on any atom is 0.256 e. The molecule has 102 valence electrons. The Bertz CT molecular complexity index is 702. The number of aryl methyl sites for hydroxylation is 1. The van der Waals surface area contributed by atoms with Gasteiger partial charge in [0, 0.05) is 13.6 Å². The number of benzene rings is 1. The van der Waals surface area contributed by atoms with Crippen LogP contribution in [0.3, 0.4) is 0 Å². The lowest BCUT2D eigenvalue weighted by Crippen LogP contribution is -2.18. The van der Waals surface area contributed by atoms with Crippen molar-refractivity contribution in [3.8, 4) is 0 Å². The van der Waals surface area contributed by atoms with Gasteiger partial charge in [0.15, 0.2) is 5.82 Å². The van der Waals surface area contributed by atoms with Gasteiger partial charge >= 0.3 is 0 Å². The summed E-state index contributed by atoms with van der Waals surface area (Å²) >= 11 is 6.08. The van der Waals surface area contributed by atoms with E-state index in [1.54, 1.807) is 25.1 Å². The first kappa shape index (κ1) is 12.9. The van der Waals surface area contributed by atoms with Gasteiger partial charge in [-0.15, -0.1) is 0 Å². The van der Waals surface area contributed by atoms with Gasteiger partial charge in [-0.05, 0) is 18.6 Å². The lowest BCUT2D eigenvalue weighted by atomic mass is 10.1. The Labute approximate surface area is 121 Å². The number of nitrogens with zero attached hydrogens (tertiary/aromatic N) is 3. The van der Waals surface area contributed by atoms with Crippen molar-refractivity contribution in [3.05, 3.63) is 46.4 Å². The number of carbonyl (C=O) groups excluding carboxylic acids is 1. The van der Waals surface area contributed by atoms with E-state index in [4.69, 9.17) is 11.6 Å². The van der Waals surface area contributed by atoms with Crippen molar-refractivity contribution < 1.29 is 4.79 Å². The van der Waals surface area contributed by atoms with Crippen LogP contribution in [0.25, 0.3) is 0 Å². The highest BCUT2D eigenvalue weighted by atomic mass is 35.5. The molecule has 0 aliphatic carbocycles. The summed E-state index contributed by atoms with van der Waals surface area (Å²) in [5, 5.41) is 3.56. The number of anilines is 2. The number of fused-ring (bicyclic) bond motifs is 1. The minimum absolute atomic E-state index is 0.00463. The Hall–Kier alpha value is -2.14. The van der Waals surface area contributed by atoms with Gasteiger partial charge in [-0.3, -0.25) is 4.79 Å². The fourth-order valence-electron chi connectivity index (χ4n) is 2.28. The van der Waals surface area contributed by atoms with E-state index in [1.165, 1.54) is 0 Å². The molecule has 1 aliphatic rings. The largest absolute Gasteiger partial charge is 0.338 e. The maximum absolute atomic E-state index is 12.2. The monoisotopic (exact) mass is 288 g/mol. The van der Waals surface area contributed by atoms with Gasteiger partial charge in [0.25, 0.3) is 5.91 Å². The molecule has 1 N–H and O–H groups in total. The normalized spacial score (nSPS) is 13.6. The molecular formula is C14H13ClN4O. The van der Waals surface area contributed by atoms with Crippen LogP contribution in [-0.2, 0) is 6.54 Å². The molecule has 2 aromatic rings. The van der Waals surface area contributed by atoms with E-state index in [-0.39, 0.29) is 5.91 Å². The molecule has 5 nitrogen and oxygen atoms in total. The van der Waals surface area contributed by atoms with Crippen LogP contribution in [0.15, 0.2) is 24.4 Å². The van der Waals surface area contributed by atoms with Crippen molar-refractivity contribution in [2.24, 2.45) is 0 Å². The zero-order chi connectivity index (χ0) is 14.3. The van der Waals surface area contributed by atoms with E-state index in [9.17, 15) is 4.79 Å². The summed E-state index contributed by atoms with van der Waals surface area (Å²) in [6.07, 6.45) is 1.54. The summed E-state index contributed by atoms with van der Waals surface area (Å²) in [5.74, 6) is 1.13. The van der Waals surface area contributed by atoms with E-state index in [1.807, 2.05) is 18.2 Å². The molecule has 2 heterocycles. The summed E-state index contributed by atoms with van der Waals surface area (Å²) in [6.45, 7) is 2.41. The summed E-state index contributed by atoms with van der Waals surface area (Å²) in [7, 11) is 1.79. The fraction of sp³-hybridized carbons (Fsp3) is 0.214. The molecule has 0 unspecified atom stereocenters. The summed E-state index contributed by atoms with van der Waals surface area (Å²) in [5.41, 5.74) is 2.41. The Morgan fingerprint density at radius 1 is 1.40 bits per heavy atom. The molecule has 1 aromatic carbocycles. The van der Waals surface area contributed by atoms with Crippen LogP contribution in [0.4, 0.5) is 11.5 Å². The zero-order valence-electron chi connectivity index (χ0n) is 11.1. The number of aromatic nitrogens is 2. The second kappa shape index (κ2) is 4.76. The van der Waals surface area contributed by atoms with Crippen LogP contribution in [0.2, 0.25) is 5.02 Å². The molecule has 1 aliphatic heterocycles. The van der Waals surface area contributed by atoms with E-state index in [0.29, 0.717) is 28.8 Å². The van der Waals surface area contributed by atoms with Crippen molar-refractivity contribution in [1.82, 2.24) is 14.9 Å². The molecule has 6 heteroatoms. The standard InChI is InChI=1S/C14H13ClN4O/c1-8-16-6-10(15)13(17-8)18-11-5-3-4-9-7-19(2)14(20)12(9)11/h3-6H,7H2,1-2H3,(H,16,17,18). The molecule has 0 spiro atoms. The maximum atomic E-state index is 12.2. The molecule has 0 atom stereocenters. The molecule has 0 saturated carbocycles. The molecule has 1 aromatic heterocycles. The predicted molar refractivity (Wildman–Crippen MR) is 77.3 cm³/mol. The molecule has 0 radical (unpaired) electrons. The SMILES string of the molecule is Cc1ncc(Cl)c(Nc2cccc3c2C(=O)N(C)C3)n1. The van der Waals surface area contributed by atoms with Crippen LogP contribution < -0.4 is 5.32 Å². The first-order chi connectivity index (χ1) is 9.56. The number of hydrogen-bond acceptors (Lipinski definition) is 4. The van der Waals surface area contributed by atoms with Gasteiger partial charge in [-0.2, -0.15) is 0 Å². The number of halogens is 1. The van der Waals surface area contributed by atoms with Gasteiger partial charge in [0.05, 0.1) is 17.4 Å². The van der Waals surface area contributed by atoms with Crippen LogP contribution in [0, 0.1) is 6.92 Å². The van der Waals surface area contributed by atoms with Crippen LogP contribution in [0.5, 0.6) is 0 Å². The third-order valence-electron chi connectivity index (χ3n) is 3.24. The summed E-state index contributed by atoms with van der Waals surface area (Å²) in [6, 6.07) is 5.72. The Morgan fingerprint density at radius 3 is 3.00 bits per heavy atom. The van der Waals surface area contributed by atoms with Gasteiger partial charge in [-0.1, -0.05) is 23.7 Å². The highest BCUT2D eigenvalue weighted by Crippen LogP contribution is 2.31. The minimum atomic E-state index is 0.00463. The van der Waals surface area contributed by atoms with Crippen molar-refractivity contribution in [2.75, 3.05) is 12.4 Å². The fourth-order valence-corrected chi connectivity index (χ4v) is 2.42. The van der Waals surface area contributed by atoms with Gasteiger partial charge in [0.1, 0.15) is 10.8 Å². The first-order valence-corrected chi connectivity index (χ1v) is 6.57. The number of carbonyl (C=O) groups is 1. The lowest BCUT2D eigenvalue weighted by molar-refractivity contribution is 0.0817. The average Bonchev–Trinajstić information content (AvgIpc) is 2.71. The Kier molecular flexibility index (Phi) is 3.06. The van der Waals surface area contributed by atoms with Crippen LogP contribution in [-0.4, -0.2) is 27.8 Å². The highest BCUT2D eigenvalue weighted by Gasteiger charge is 2.27. The number of hydrogen-bond donors (Lipinski definition) is 1. The van der Waals surface area contributed by atoms with Crippen LogP contribution in [0.1, 0.15) is 21.7 Å². The quantitative estimate of drug-likeness (QED) is 0.923. The number of rotatable bonds is 2. The lowest BCUT2D eigenvalue weighted by Gasteiger charge is -2.11. The van der Waals surface area contributed by atoms with E-state index in [0.717, 1.165) is 11.3 Å². The molecular weight excluding hydrogens is 276 g/mol. The Balaban J connectivity index is 2.03. The average molecular weight is 289 g/mol. The van der Waals surface area contributed by atoms with E-state index < -0.39 is 0 Å². The van der Waals surface area contributed by atoms with Crippen molar-refractivity contribution >= 4 is 29.0 Å². The van der Waals surface area contributed by atoms with Gasteiger partial charge in [-0.25, -0.2) is 9.97 Å². The minimum Gasteiger partial charge on any atom is -0.338 e. The summed E-state index contributed by atoms with van der Waals surface area (Å²) in [4.78, 5) is 22.1. The molecule has 0 bridgehead atoms. The second-order valence-corrected chi connectivity index (χ2v) is 5.15. The highest BCUT2D eigenvalue weighted by molar-refractivity contribution is 6.32. The molecule has 1 amide bonds. The third-order valence-corrected chi connectivity index (χ3v) is 3.51. The zero-order valence-corrected chi connectivity index (χ0v) is 11.9. The molecule has 20 heavy (non-hydrogen) atoms. The number of nitrogens with one attached hydrogen (secondary N) is 1. The predicted octanol–water partition coefficient (Wildman–Crippen LogP) is 2.77. The van der Waals surface area contributed by atoms with Gasteiger partial charge < -0.3 is 10.2 Å². The van der Waals surface area contributed by atoms with Crippen molar-refractivity contribution in [3.63, 3.8) is 0 Å². The van der Waals surface area contributed by atoms with Crippen molar-refractivity contribution in [2.45, 2.75) is 13.5 Å². The van der Waals surface area contributed by atoms with E-state index >= 15 is 0 Å². The summed E-state index contributed by atoms with van der Waals surface area (Å²) < 4.78 is 0. The third kappa shape index (κ3) is 2.10. The molecule has 3 rings (SSSR count). The Morgan fingerprint density at radius 2 is 2.20 bits per heavy atom.